The highest BCUT2D eigenvalue weighted by Gasteiger charge is 2.18. The van der Waals surface area contributed by atoms with E-state index in [1.807, 2.05) is 56.3 Å². The van der Waals surface area contributed by atoms with E-state index >= 15 is 0 Å². The van der Waals surface area contributed by atoms with Crippen molar-refractivity contribution in [3.8, 4) is 11.3 Å². The molecule has 23 heavy (non-hydrogen) atoms. The van der Waals surface area contributed by atoms with Gasteiger partial charge in [-0.1, -0.05) is 47.7 Å². The lowest BCUT2D eigenvalue weighted by atomic mass is 10.1. The molecule has 3 N–H and O–H groups in total. The Hall–Kier alpha value is -2.66. The number of nitrogens with one attached hydrogen (secondary N) is 1. The summed E-state index contributed by atoms with van der Waals surface area (Å²) in [6, 6.07) is 15.5. The summed E-state index contributed by atoms with van der Waals surface area (Å²) in [7, 11) is 0. The Labute approximate surface area is 139 Å². The van der Waals surface area contributed by atoms with Gasteiger partial charge in [-0.3, -0.25) is 4.79 Å². The van der Waals surface area contributed by atoms with Gasteiger partial charge in [0, 0.05) is 11.3 Å². The average Bonchev–Trinajstić information content (AvgIpc) is 2.89. The molecule has 1 aromatic heterocycles. The van der Waals surface area contributed by atoms with E-state index in [-0.39, 0.29) is 5.91 Å². The number of thiazole rings is 1. The minimum Gasteiger partial charge on any atom is -0.375 e. The fourth-order valence-corrected chi connectivity index (χ4v) is 3.27. The van der Waals surface area contributed by atoms with Gasteiger partial charge >= 0.3 is 0 Å². The second kappa shape index (κ2) is 6.22. The van der Waals surface area contributed by atoms with Crippen molar-refractivity contribution in [2.45, 2.75) is 13.8 Å². The first-order valence-corrected chi connectivity index (χ1v) is 8.06. The van der Waals surface area contributed by atoms with Crippen molar-refractivity contribution in [2.24, 2.45) is 0 Å². The van der Waals surface area contributed by atoms with Crippen molar-refractivity contribution in [2.75, 3.05) is 11.1 Å². The van der Waals surface area contributed by atoms with Gasteiger partial charge in [-0.25, -0.2) is 4.98 Å². The van der Waals surface area contributed by atoms with E-state index < -0.39 is 0 Å². The molecule has 5 heteroatoms. The number of benzene rings is 2. The summed E-state index contributed by atoms with van der Waals surface area (Å²) in [5.74, 6) is -0.192. The van der Waals surface area contributed by atoms with Gasteiger partial charge in [0.1, 0.15) is 4.88 Å². The normalized spacial score (nSPS) is 10.5. The predicted molar refractivity (Wildman–Crippen MR) is 95.8 cm³/mol. The van der Waals surface area contributed by atoms with E-state index in [1.165, 1.54) is 11.3 Å². The third-order valence-corrected chi connectivity index (χ3v) is 4.26. The van der Waals surface area contributed by atoms with Crippen molar-refractivity contribution in [1.29, 1.82) is 0 Å². The molecule has 1 heterocycles. The second-order valence-corrected chi connectivity index (χ2v) is 6.46. The van der Waals surface area contributed by atoms with Gasteiger partial charge in [-0.15, -0.1) is 0 Å². The zero-order valence-corrected chi connectivity index (χ0v) is 13.8. The first kappa shape index (κ1) is 15.2. The highest BCUT2D eigenvalue weighted by Crippen LogP contribution is 2.30. The molecule has 0 fully saturated rings. The average molecular weight is 323 g/mol. The highest BCUT2D eigenvalue weighted by molar-refractivity contribution is 7.17. The van der Waals surface area contributed by atoms with Gasteiger partial charge in [0.05, 0.1) is 5.69 Å². The van der Waals surface area contributed by atoms with E-state index in [4.69, 9.17) is 5.73 Å². The molecular weight excluding hydrogens is 306 g/mol. The Morgan fingerprint density at radius 1 is 1.09 bits per heavy atom. The molecule has 0 radical (unpaired) electrons. The van der Waals surface area contributed by atoms with Gasteiger partial charge < -0.3 is 11.1 Å². The van der Waals surface area contributed by atoms with Crippen LogP contribution >= 0.6 is 11.3 Å². The van der Waals surface area contributed by atoms with Crippen LogP contribution in [0.1, 0.15) is 20.8 Å². The first-order chi connectivity index (χ1) is 11.0. The van der Waals surface area contributed by atoms with E-state index in [0.717, 1.165) is 22.4 Å². The standard InChI is InChI=1S/C18H17N3OS/c1-11-8-12(2)10-14(9-11)20-17(22)16-15(21-18(19)23-16)13-6-4-3-5-7-13/h3-10H,1-2H3,(H2,19,21)(H,20,22). The molecule has 0 saturated carbocycles. The fourth-order valence-electron chi connectivity index (χ4n) is 2.52. The van der Waals surface area contributed by atoms with Crippen LogP contribution in [0.4, 0.5) is 10.8 Å². The van der Waals surface area contributed by atoms with Gasteiger partial charge in [0.25, 0.3) is 5.91 Å². The van der Waals surface area contributed by atoms with Crippen LogP contribution < -0.4 is 11.1 Å². The summed E-state index contributed by atoms with van der Waals surface area (Å²) in [5.41, 5.74) is 10.3. The van der Waals surface area contributed by atoms with Crippen LogP contribution in [0.2, 0.25) is 0 Å². The zero-order chi connectivity index (χ0) is 16.4. The van der Waals surface area contributed by atoms with Crippen LogP contribution in [-0.4, -0.2) is 10.9 Å². The number of rotatable bonds is 3. The molecule has 0 bridgehead atoms. The van der Waals surface area contributed by atoms with Crippen molar-refractivity contribution < 1.29 is 4.79 Å². The number of carbonyl (C=O) groups is 1. The molecule has 3 rings (SSSR count). The molecule has 0 aliphatic rings. The maximum atomic E-state index is 12.6. The number of anilines is 2. The molecule has 0 unspecified atom stereocenters. The minimum atomic E-state index is -0.192. The second-order valence-electron chi connectivity index (χ2n) is 5.43. The van der Waals surface area contributed by atoms with Gasteiger partial charge in [0.2, 0.25) is 0 Å². The Morgan fingerprint density at radius 2 is 1.74 bits per heavy atom. The quantitative estimate of drug-likeness (QED) is 0.756. The van der Waals surface area contributed by atoms with E-state index in [1.54, 1.807) is 0 Å². The number of carbonyl (C=O) groups excluding carboxylic acids is 1. The Bertz CT molecular complexity index is 836. The number of aromatic nitrogens is 1. The molecule has 0 spiro atoms. The van der Waals surface area contributed by atoms with E-state index in [0.29, 0.717) is 15.7 Å². The maximum Gasteiger partial charge on any atom is 0.268 e. The number of hydrogen-bond donors (Lipinski definition) is 2. The van der Waals surface area contributed by atoms with Crippen LogP contribution in [0.15, 0.2) is 48.5 Å². The molecule has 0 aliphatic carbocycles. The summed E-state index contributed by atoms with van der Waals surface area (Å²) in [5, 5.41) is 3.32. The molecule has 4 nitrogen and oxygen atoms in total. The smallest absolute Gasteiger partial charge is 0.268 e. The first-order valence-electron chi connectivity index (χ1n) is 7.24. The van der Waals surface area contributed by atoms with Crippen LogP contribution in [0, 0.1) is 13.8 Å². The number of nitrogens with zero attached hydrogens (tertiary/aromatic N) is 1. The van der Waals surface area contributed by atoms with Crippen molar-refractivity contribution in [1.82, 2.24) is 4.98 Å². The largest absolute Gasteiger partial charge is 0.375 e. The topological polar surface area (TPSA) is 68.0 Å². The lowest BCUT2D eigenvalue weighted by Gasteiger charge is -2.07. The van der Waals surface area contributed by atoms with Crippen LogP contribution in [-0.2, 0) is 0 Å². The molecule has 116 valence electrons. The van der Waals surface area contributed by atoms with Gasteiger partial charge in [-0.2, -0.15) is 0 Å². The Kier molecular flexibility index (Phi) is 4.12. The predicted octanol–water partition coefficient (Wildman–Crippen LogP) is 4.26. The summed E-state index contributed by atoms with van der Waals surface area (Å²) < 4.78 is 0. The minimum absolute atomic E-state index is 0.192. The number of nitrogen functional groups attached to an aromatic ring is 1. The van der Waals surface area contributed by atoms with E-state index in [2.05, 4.69) is 16.4 Å². The molecule has 3 aromatic rings. The number of hydrogen-bond acceptors (Lipinski definition) is 4. The fraction of sp³-hybridized carbons (Fsp3) is 0.111. The zero-order valence-electron chi connectivity index (χ0n) is 13.0. The molecule has 0 saturated heterocycles. The summed E-state index contributed by atoms with van der Waals surface area (Å²) in [6.45, 7) is 4.01. The monoisotopic (exact) mass is 323 g/mol. The van der Waals surface area contributed by atoms with Crippen LogP contribution in [0.5, 0.6) is 0 Å². The lowest BCUT2D eigenvalue weighted by Crippen LogP contribution is -2.11. The molecule has 1 amide bonds. The number of aryl methyl sites for hydroxylation is 2. The highest BCUT2D eigenvalue weighted by atomic mass is 32.1. The number of amides is 1. The van der Waals surface area contributed by atoms with E-state index in [9.17, 15) is 4.79 Å². The molecule has 2 aromatic carbocycles. The van der Waals surface area contributed by atoms with Gasteiger partial charge in [0.15, 0.2) is 5.13 Å². The molecule has 0 aliphatic heterocycles. The SMILES string of the molecule is Cc1cc(C)cc(NC(=O)c2sc(N)nc2-c2ccccc2)c1. The van der Waals surface area contributed by atoms with Crippen molar-refractivity contribution in [3.63, 3.8) is 0 Å². The van der Waals surface area contributed by atoms with Crippen LogP contribution in [0.25, 0.3) is 11.3 Å². The number of nitrogens with two attached hydrogens (primary N) is 1. The maximum absolute atomic E-state index is 12.6. The Morgan fingerprint density at radius 3 is 2.39 bits per heavy atom. The summed E-state index contributed by atoms with van der Waals surface area (Å²) in [6.07, 6.45) is 0. The van der Waals surface area contributed by atoms with Crippen molar-refractivity contribution >= 4 is 28.1 Å². The molecular formula is C18H17N3OS. The summed E-state index contributed by atoms with van der Waals surface area (Å²) >= 11 is 1.20. The lowest BCUT2D eigenvalue weighted by molar-refractivity contribution is 0.103. The third kappa shape index (κ3) is 3.40. The van der Waals surface area contributed by atoms with Crippen LogP contribution in [0.3, 0.4) is 0 Å². The van der Waals surface area contributed by atoms with Crippen molar-refractivity contribution in [3.05, 3.63) is 64.5 Å². The van der Waals surface area contributed by atoms with Gasteiger partial charge in [-0.05, 0) is 37.1 Å². The Balaban J connectivity index is 1.94. The molecule has 0 atom stereocenters. The third-order valence-electron chi connectivity index (χ3n) is 3.38. The summed E-state index contributed by atoms with van der Waals surface area (Å²) in [4.78, 5) is 17.5.